The fourth-order valence-electron chi connectivity index (χ4n) is 3.27. The van der Waals surface area contributed by atoms with E-state index in [0.29, 0.717) is 47.7 Å². The minimum Gasteiger partial charge on any atom is -0.480 e. The molecule has 0 atom stereocenters. The second-order valence-corrected chi connectivity index (χ2v) is 6.76. The molecule has 0 bridgehead atoms. The van der Waals surface area contributed by atoms with Gasteiger partial charge in [0.2, 0.25) is 0 Å². The number of amidine groups is 1. The summed E-state index contributed by atoms with van der Waals surface area (Å²) in [5.41, 5.74) is 10.6. The predicted molar refractivity (Wildman–Crippen MR) is 106 cm³/mol. The Balaban J connectivity index is 1.86. The van der Waals surface area contributed by atoms with Crippen molar-refractivity contribution in [3.63, 3.8) is 0 Å². The standard InChI is InChI=1S/C20H20F4N4O3/c1-11-12(13-4-2-5-14(21)17(13)31-10-20(22,23)24)6-7-15-16(11)18(28-27-15)26-8-3-9-30-19(25)29/h2,4-6H,3,7-10H2,1H3,(H2,25,29)(H,26,28). The third kappa shape index (κ3) is 5.41. The number of nitrogens with two attached hydrogens (primary N) is 1. The van der Waals surface area contributed by atoms with Gasteiger partial charge in [0.1, 0.15) is 0 Å². The van der Waals surface area contributed by atoms with Crippen LogP contribution in [0.5, 0.6) is 5.75 Å². The number of carbonyl (C=O) groups is 1. The maximum atomic E-state index is 14.3. The normalized spacial score (nSPS) is 17.1. The van der Waals surface area contributed by atoms with Gasteiger partial charge in [-0.05, 0) is 24.1 Å². The van der Waals surface area contributed by atoms with Gasteiger partial charge in [-0.15, -0.1) is 0 Å². The SMILES string of the molecule is CC1=C2C(=NNC2=NCCCOC(N)=O)CC=C1c1cccc(F)c1OCC(F)(F)F. The molecule has 0 radical (unpaired) electrons. The summed E-state index contributed by atoms with van der Waals surface area (Å²) >= 11 is 0. The highest BCUT2D eigenvalue weighted by Gasteiger charge is 2.32. The van der Waals surface area contributed by atoms with Crippen LogP contribution in [0.25, 0.3) is 5.57 Å². The van der Waals surface area contributed by atoms with E-state index in [1.165, 1.54) is 12.1 Å². The number of rotatable bonds is 7. The van der Waals surface area contributed by atoms with Crippen LogP contribution in [0.4, 0.5) is 22.4 Å². The molecule has 0 unspecified atom stereocenters. The Bertz CT molecular complexity index is 997. The van der Waals surface area contributed by atoms with Crippen molar-refractivity contribution in [2.75, 3.05) is 19.8 Å². The number of hydrogen-bond donors (Lipinski definition) is 2. The van der Waals surface area contributed by atoms with E-state index in [4.69, 9.17) is 10.5 Å². The molecule has 166 valence electrons. The molecule has 0 saturated carbocycles. The van der Waals surface area contributed by atoms with E-state index in [-0.39, 0.29) is 12.2 Å². The number of aliphatic imine (C=N–C) groups is 1. The first-order chi connectivity index (χ1) is 14.7. The van der Waals surface area contributed by atoms with E-state index in [9.17, 15) is 22.4 Å². The van der Waals surface area contributed by atoms with E-state index in [1.807, 2.05) is 0 Å². The summed E-state index contributed by atoms with van der Waals surface area (Å²) in [6.07, 6.45) is -2.87. The number of nitrogens with zero attached hydrogens (tertiary/aromatic N) is 2. The molecule has 1 aromatic carbocycles. The van der Waals surface area contributed by atoms with Gasteiger partial charge >= 0.3 is 12.3 Å². The monoisotopic (exact) mass is 440 g/mol. The zero-order chi connectivity index (χ0) is 22.6. The quantitative estimate of drug-likeness (QED) is 0.499. The van der Waals surface area contributed by atoms with Crippen molar-refractivity contribution in [3.05, 3.63) is 46.8 Å². The van der Waals surface area contributed by atoms with E-state index in [2.05, 4.69) is 20.3 Å². The highest BCUT2D eigenvalue weighted by molar-refractivity contribution is 6.30. The van der Waals surface area contributed by atoms with Gasteiger partial charge in [0.25, 0.3) is 0 Å². The summed E-state index contributed by atoms with van der Waals surface area (Å²) in [7, 11) is 0. The van der Waals surface area contributed by atoms with Crippen LogP contribution in [-0.4, -0.2) is 43.6 Å². The van der Waals surface area contributed by atoms with Crippen LogP contribution in [0.2, 0.25) is 0 Å². The van der Waals surface area contributed by atoms with Gasteiger partial charge in [0.15, 0.2) is 24.0 Å². The van der Waals surface area contributed by atoms with Gasteiger partial charge in [-0.25, -0.2) is 9.18 Å². The lowest BCUT2D eigenvalue weighted by Gasteiger charge is -2.21. The zero-order valence-electron chi connectivity index (χ0n) is 16.6. The summed E-state index contributed by atoms with van der Waals surface area (Å²) in [5.74, 6) is -0.862. The molecular weight excluding hydrogens is 420 g/mol. The number of para-hydroxylation sites is 1. The minimum atomic E-state index is -4.60. The fourth-order valence-corrected chi connectivity index (χ4v) is 3.27. The number of halogens is 4. The number of fused-ring (bicyclic) bond motifs is 1. The summed E-state index contributed by atoms with van der Waals surface area (Å²) in [6, 6.07) is 3.97. The van der Waals surface area contributed by atoms with E-state index >= 15 is 0 Å². The Hall–Kier alpha value is -3.37. The molecule has 31 heavy (non-hydrogen) atoms. The lowest BCUT2D eigenvalue weighted by Crippen LogP contribution is -2.21. The molecule has 1 aromatic rings. The van der Waals surface area contributed by atoms with Crippen molar-refractivity contribution in [2.45, 2.75) is 25.9 Å². The molecule has 0 fully saturated rings. The van der Waals surface area contributed by atoms with Crippen LogP contribution in [-0.2, 0) is 4.74 Å². The molecule has 1 aliphatic heterocycles. The van der Waals surface area contributed by atoms with Gasteiger partial charge < -0.3 is 15.2 Å². The molecule has 7 nitrogen and oxygen atoms in total. The average molecular weight is 440 g/mol. The van der Waals surface area contributed by atoms with Gasteiger partial charge in [0, 0.05) is 30.5 Å². The topological polar surface area (TPSA) is 98.3 Å². The van der Waals surface area contributed by atoms with Crippen LogP contribution in [0.3, 0.4) is 0 Å². The number of ether oxygens (including phenoxy) is 2. The molecule has 0 aromatic heterocycles. The molecule has 0 saturated heterocycles. The third-order valence-electron chi connectivity index (χ3n) is 4.55. The van der Waals surface area contributed by atoms with Crippen molar-refractivity contribution < 1.29 is 31.8 Å². The van der Waals surface area contributed by atoms with Gasteiger partial charge in [-0.2, -0.15) is 18.3 Å². The smallest absolute Gasteiger partial charge is 0.422 e. The number of amides is 1. The van der Waals surface area contributed by atoms with Crippen molar-refractivity contribution >= 4 is 23.2 Å². The van der Waals surface area contributed by atoms with E-state index in [1.54, 1.807) is 13.0 Å². The fraction of sp³-hybridized carbons (Fsp3) is 0.350. The summed E-state index contributed by atoms with van der Waals surface area (Å²) in [5, 5.41) is 4.23. The number of primary amides is 1. The second-order valence-electron chi connectivity index (χ2n) is 6.76. The number of benzene rings is 1. The van der Waals surface area contributed by atoms with Crippen LogP contribution < -0.4 is 15.9 Å². The van der Waals surface area contributed by atoms with Crippen LogP contribution in [0, 0.1) is 5.82 Å². The third-order valence-corrected chi connectivity index (χ3v) is 4.55. The highest BCUT2D eigenvalue weighted by Crippen LogP contribution is 2.38. The molecule has 2 aliphatic rings. The largest absolute Gasteiger partial charge is 0.480 e. The van der Waals surface area contributed by atoms with Crippen LogP contribution >= 0.6 is 0 Å². The molecular formula is C20H20F4N4O3. The highest BCUT2D eigenvalue weighted by atomic mass is 19.4. The van der Waals surface area contributed by atoms with Crippen molar-refractivity contribution in [2.24, 2.45) is 15.8 Å². The first kappa shape index (κ1) is 22.3. The maximum Gasteiger partial charge on any atom is 0.422 e. The Kier molecular flexibility index (Phi) is 6.62. The van der Waals surface area contributed by atoms with E-state index < -0.39 is 30.4 Å². The van der Waals surface area contributed by atoms with Gasteiger partial charge in [-0.1, -0.05) is 18.2 Å². The molecule has 1 amide bonds. The van der Waals surface area contributed by atoms with Crippen molar-refractivity contribution in [1.29, 1.82) is 0 Å². The number of nitrogens with one attached hydrogen (secondary N) is 1. The second kappa shape index (κ2) is 9.19. The lowest BCUT2D eigenvalue weighted by atomic mass is 9.86. The van der Waals surface area contributed by atoms with Crippen molar-refractivity contribution in [3.8, 4) is 5.75 Å². The number of alkyl halides is 3. The first-order valence-corrected chi connectivity index (χ1v) is 9.37. The minimum absolute atomic E-state index is 0.117. The van der Waals surface area contributed by atoms with Crippen LogP contribution in [0.1, 0.15) is 25.3 Å². The van der Waals surface area contributed by atoms with Gasteiger partial charge in [-0.3, -0.25) is 10.4 Å². The molecule has 0 spiro atoms. The Morgan fingerprint density at radius 2 is 2.13 bits per heavy atom. The van der Waals surface area contributed by atoms with Gasteiger partial charge in [0.05, 0.1) is 12.3 Å². The predicted octanol–water partition coefficient (Wildman–Crippen LogP) is 3.71. The molecule has 1 heterocycles. The maximum absolute atomic E-state index is 14.3. The van der Waals surface area contributed by atoms with Crippen molar-refractivity contribution in [1.82, 2.24) is 5.43 Å². The number of hydrazone groups is 1. The Morgan fingerprint density at radius 3 is 2.84 bits per heavy atom. The first-order valence-electron chi connectivity index (χ1n) is 9.37. The van der Waals surface area contributed by atoms with E-state index in [0.717, 1.165) is 6.07 Å². The Morgan fingerprint density at radius 1 is 1.35 bits per heavy atom. The molecule has 3 N–H and O–H groups in total. The number of hydrogen-bond acceptors (Lipinski definition) is 5. The lowest BCUT2D eigenvalue weighted by molar-refractivity contribution is -0.153. The average Bonchev–Trinajstić information content (AvgIpc) is 3.10. The molecule has 11 heteroatoms. The summed E-state index contributed by atoms with van der Waals surface area (Å²) < 4.78 is 61.6. The number of allylic oxidation sites excluding steroid dienone is 3. The number of carbonyl (C=O) groups excluding carboxylic acids is 1. The summed E-state index contributed by atoms with van der Waals surface area (Å²) in [6.45, 7) is 0.603. The molecule has 1 aliphatic carbocycles. The zero-order valence-corrected chi connectivity index (χ0v) is 16.6. The Labute approximate surface area is 175 Å². The summed E-state index contributed by atoms with van der Waals surface area (Å²) in [4.78, 5) is 15.0. The molecule has 3 rings (SSSR count). The van der Waals surface area contributed by atoms with Crippen LogP contribution in [0.15, 0.2) is 45.5 Å².